The van der Waals surface area contributed by atoms with Gasteiger partial charge in [0.05, 0.1) is 29.6 Å². The van der Waals surface area contributed by atoms with Crippen molar-refractivity contribution in [1.82, 2.24) is 0 Å². The van der Waals surface area contributed by atoms with E-state index in [1.54, 1.807) is 0 Å². The van der Waals surface area contributed by atoms with E-state index >= 15 is 0 Å². The zero-order valence-electron chi connectivity index (χ0n) is 15.0. The van der Waals surface area contributed by atoms with Crippen LogP contribution in [0.4, 0.5) is 17.1 Å². The van der Waals surface area contributed by atoms with Crippen molar-refractivity contribution < 1.29 is 9.53 Å². The van der Waals surface area contributed by atoms with E-state index in [4.69, 9.17) is 4.74 Å². The number of hydrogen-bond donors (Lipinski definition) is 1. The molecule has 1 N–H and O–H groups in total. The van der Waals surface area contributed by atoms with E-state index in [2.05, 4.69) is 33.3 Å². The second kappa shape index (κ2) is 7.65. The van der Waals surface area contributed by atoms with Gasteiger partial charge in [-0.2, -0.15) is 0 Å². The molecule has 0 unspecified atom stereocenters. The molecular weight excluding hydrogens is 314 g/mol. The van der Waals surface area contributed by atoms with Crippen molar-refractivity contribution in [2.45, 2.75) is 51.0 Å². The van der Waals surface area contributed by atoms with E-state index < -0.39 is 0 Å². The normalized spacial score (nSPS) is 23.4. The van der Waals surface area contributed by atoms with E-state index in [9.17, 15) is 4.79 Å². The first-order valence-electron chi connectivity index (χ1n) is 9.85. The first-order valence-corrected chi connectivity index (χ1v) is 9.85. The van der Waals surface area contributed by atoms with Crippen LogP contribution in [0.2, 0.25) is 0 Å². The Balaban J connectivity index is 1.58. The molecule has 5 nitrogen and oxygen atoms in total. The summed E-state index contributed by atoms with van der Waals surface area (Å²) in [5.41, 5.74) is 3.37. The number of nitrogens with zero attached hydrogens (tertiary/aromatic N) is 2. The summed E-state index contributed by atoms with van der Waals surface area (Å²) in [6, 6.07) is 6.45. The largest absolute Gasteiger partial charge is 0.378 e. The lowest BCUT2D eigenvalue weighted by Gasteiger charge is -2.28. The third-order valence-corrected chi connectivity index (χ3v) is 5.62. The van der Waals surface area contributed by atoms with Gasteiger partial charge in [0, 0.05) is 32.8 Å². The maximum Gasteiger partial charge on any atom is 0.227 e. The Bertz CT molecular complexity index is 567. The third-order valence-electron chi connectivity index (χ3n) is 5.62. The van der Waals surface area contributed by atoms with E-state index in [-0.39, 0.29) is 12.0 Å². The summed E-state index contributed by atoms with van der Waals surface area (Å²) in [4.78, 5) is 17.5. The van der Waals surface area contributed by atoms with Crippen LogP contribution in [0.3, 0.4) is 0 Å². The highest BCUT2D eigenvalue weighted by Crippen LogP contribution is 2.38. The van der Waals surface area contributed by atoms with Gasteiger partial charge in [-0.25, -0.2) is 0 Å². The number of amides is 1. The molecule has 3 aliphatic heterocycles. The maximum absolute atomic E-state index is 12.7. The minimum atomic E-state index is 0.0824. The molecule has 4 rings (SSSR count). The second-order valence-corrected chi connectivity index (χ2v) is 7.45. The van der Waals surface area contributed by atoms with Crippen LogP contribution < -0.4 is 15.1 Å². The van der Waals surface area contributed by atoms with Crippen molar-refractivity contribution in [3.8, 4) is 0 Å². The minimum absolute atomic E-state index is 0.0824. The summed E-state index contributed by atoms with van der Waals surface area (Å²) in [7, 11) is 0. The summed E-state index contributed by atoms with van der Waals surface area (Å²) in [5, 5.41) is 3.26. The Morgan fingerprint density at radius 3 is 2.12 bits per heavy atom. The molecule has 1 amide bonds. The minimum Gasteiger partial charge on any atom is -0.378 e. The number of para-hydroxylation sites is 1. The van der Waals surface area contributed by atoms with Gasteiger partial charge in [-0.1, -0.05) is 6.07 Å². The van der Waals surface area contributed by atoms with Crippen LogP contribution in [0.15, 0.2) is 18.2 Å². The summed E-state index contributed by atoms with van der Waals surface area (Å²) >= 11 is 0. The molecular formula is C20H29N3O2. The molecule has 0 aromatic heterocycles. The summed E-state index contributed by atoms with van der Waals surface area (Å²) < 4.78 is 5.64. The number of nitrogens with one attached hydrogen (secondary N) is 1. The summed E-state index contributed by atoms with van der Waals surface area (Å²) in [5.74, 6) is 0.0824. The van der Waals surface area contributed by atoms with Gasteiger partial charge in [-0.15, -0.1) is 0 Å². The van der Waals surface area contributed by atoms with Crippen LogP contribution in [-0.2, 0) is 9.53 Å². The Kier molecular flexibility index (Phi) is 5.11. The van der Waals surface area contributed by atoms with Gasteiger partial charge >= 0.3 is 0 Å². The van der Waals surface area contributed by atoms with Crippen molar-refractivity contribution in [2.24, 2.45) is 0 Å². The molecule has 1 atom stereocenters. The second-order valence-electron chi connectivity index (χ2n) is 7.45. The number of carbonyl (C=O) groups is 1. The highest BCUT2D eigenvalue weighted by atomic mass is 16.5. The molecule has 3 aliphatic rings. The highest BCUT2D eigenvalue weighted by molar-refractivity contribution is 5.99. The molecule has 0 aliphatic carbocycles. The lowest BCUT2D eigenvalue weighted by atomic mass is 10.1. The van der Waals surface area contributed by atoms with Crippen molar-refractivity contribution in [2.75, 3.05) is 47.9 Å². The third kappa shape index (κ3) is 3.76. The molecule has 0 radical (unpaired) electrons. The smallest absolute Gasteiger partial charge is 0.227 e. The van der Waals surface area contributed by atoms with Crippen molar-refractivity contribution in [3.05, 3.63) is 18.2 Å². The maximum atomic E-state index is 12.7. The molecule has 1 aromatic carbocycles. The van der Waals surface area contributed by atoms with Gasteiger partial charge in [-0.05, 0) is 50.7 Å². The van der Waals surface area contributed by atoms with Gasteiger partial charge in [0.2, 0.25) is 5.91 Å². The monoisotopic (exact) mass is 343 g/mol. The van der Waals surface area contributed by atoms with Crippen LogP contribution in [0.1, 0.15) is 44.9 Å². The van der Waals surface area contributed by atoms with Crippen LogP contribution in [0.5, 0.6) is 0 Å². The van der Waals surface area contributed by atoms with E-state index in [0.29, 0.717) is 6.42 Å². The lowest BCUT2D eigenvalue weighted by Crippen LogP contribution is -2.26. The number of hydrogen-bond acceptors (Lipinski definition) is 4. The van der Waals surface area contributed by atoms with Crippen molar-refractivity contribution in [1.29, 1.82) is 0 Å². The van der Waals surface area contributed by atoms with Crippen LogP contribution in [-0.4, -0.2) is 44.8 Å². The Morgan fingerprint density at radius 2 is 1.60 bits per heavy atom. The average molecular weight is 343 g/mol. The number of carbonyl (C=O) groups excluding carboxylic acids is 1. The predicted molar refractivity (Wildman–Crippen MR) is 102 cm³/mol. The quantitative estimate of drug-likeness (QED) is 0.890. The highest BCUT2D eigenvalue weighted by Gasteiger charge is 2.25. The fourth-order valence-electron chi connectivity index (χ4n) is 4.30. The zero-order valence-corrected chi connectivity index (χ0v) is 15.0. The Hall–Kier alpha value is -1.75. The molecule has 3 saturated heterocycles. The summed E-state index contributed by atoms with van der Waals surface area (Å²) in [6.45, 7) is 5.12. The first kappa shape index (κ1) is 16.7. The van der Waals surface area contributed by atoms with Crippen LogP contribution in [0, 0.1) is 0 Å². The van der Waals surface area contributed by atoms with Crippen molar-refractivity contribution in [3.63, 3.8) is 0 Å². The zero-order chi connectivity index (χ0) is 17.1. The Labute approximate surface area is 150 Å². The van der Waals surface area contributed by atoms with Gasteiger partial charge in [0.15, 0.2) is 0 Å². The predicted octanol–water partition coefficient (Wildman–Crippen LogP) is 3.39. The van der Waals surface area contributed by atoms with Gasteiger partial charge in [-0.3, -0.25) is 4.79 Å². The number of anilines is 3. The lowest BCUT2D eigenvalue weighted by molar-refractivity contribution is -0.118. The fraction of sp³-hybridized carbons (Fsp3) is 0.650. The number of benzene rings is 1. The molecule has 5 heteroatoms. The van der Waals surface area contributed by atoms with E-state index in [1.807, 2.05) is 0 Å². The van der Waals surface area contributed by atoms with Gasteiger partial charge in [0.1, 0.15) is 0 Å². The van der Waals surface area contributed by atoms with Crippen LogP contribution >= 0.6 is 0 Å². The molecule has 3 fully saturated rings. The number of rotatable bonds is 5. The van der Waals surface area contributed by atoms with Gasteiger partial charge < -0.3 is 19.9 Å². The van der Waals surface area contributed by atoms with E-state index in [0.717, 1.165) is 51.3 Å². The van der Waals surface area contributed by atoms with E-state index in [1.165, 1.54) is 37.1 Å². The fourth-order valence-corrected chi connectivity index (χ4v) is 4.30. The van der Waals surface area contributed by atoms with Crippen LogP contribution in [0.25, 0.3) is 0 Å². The topological polar surface area (TPSA) is 44.8 Å². The Morgan fingerprint density at radius 1 is 1.00 bits per heavy atom. The SMILES string of the molecule is O=C(C[C@@H]1CCCO1)Nc1c(N2CCCC2)cccc1N1CCCC1. The molecule has 0 saturated carbocycles. The first-order chi connectivity index (χ1) is 12.3. The van der Waals surface area contributed by atoms with Crippen molar-refractivity contribution >= 4 is 23.0 Å². The molecule has 25 heavy (non-hydrogen) atoms. The summed E-state index contributed by atoms with van der Waals surface area (Å²) in [6.07, 6.45) is 7.56. The molecule has 136 valence electrons. The standard InChI is InChI=1S/C20H29N3O2/c24-19(15-16-7-6-14-25-16)21-20-17(22-10-1-2-11-22)8-5-9-18(20)23-12-3-4-13-23/h5,8-9,16H,1-4,6-7,10-15H2,(H,21,24)/t16-/m0/s1. The molecule has 3 heterocycles. The number of ether oxygens (including phenoxy) is 1. The molecule has 0 spiro atoms. The molecule has 1 aromatic rings. The average Bonchev–Trinajstić information content (AvgIpc) is 3.38. The van der Waals surface area contributed by atoms with Gasteiger partial charge in [0.25, 0.3) is 0 Å². The molecule has 0 bridgehead atoms.